The predicted octanol–water partition coefficient (Wildman–Crippen LogP) is 15.5. The quantitative estimate of drug-likeness (QED) is 0.167. The zero-order chi connectivity index (χ0) is 38.9. The van der Waals surface area contributed by atoms with Gasteiger partial charge >= 0.3 is 0 Å². The minimum Gasteiger partial charge on any atom is -0.457 e. The summed E-state index contributed by atoms with van der Waals surface area (Å²) in [6.07, 6.45) is 0. The van der Waals surface area contributed by atoms with Crippen molar-refractivity contribution in [1.82, 2.24) is 0 Å². The van der Waals surface area contributed by atoms with Gasteiger partial charge in [-0.05, 0) is 113 Å². The average Bonchev–Trinajstić information content (AvgIpc) is 3.81. The maximum atomic E-state index is 6.61. The number of para-hydroxylation sites is 4. The Morgan fingerprint density at radius 1 is 0.322 bits per heavy atom. The summed E-state index contributed by atoms with van der Waals surface area (Å²) in [4.78, 5) is 4.77. The van der Waals surface area contributed by atoms with Crippen LogP contribution in [0.4, 0.5) is 34.1 Å². The topological polar surface area (TPSA) is 15.7 Å². The van der Waals surface area contributed by atoms with Gasteiger partial charge < -0.3 is 14.5 Å². The standard InChI is InChI=1S/C55H36N2OS/c1-3-16-37(17-4-1)56(38-18-5-2-6-19-38)39-20-15-21-40(34-39)57(42-31-33-54-46(36-42)44-23-8-14-29-53(44)59-54)41-30-32-48-45(35-41)43-22-7-9-24-47(43)55(48)49-25-10-12-27-51(49)58-52-28-13-11-26-50(52)55/h1-36H. The zero-order valence-corrected chi connectivity index (χ0v) is 32.8. The molecule has 1 aliphatic carbocycles. The molecule has 0 bridgehead atoms. The van der Waals surface area contributed by atoms with E-state index in [4.69, 9.17) is 4.74 Å². The molecule has 59 heavy (non-hydrogen) atoms. The van der Waals surface area contributed by atoms with E-state index in [1.807, 2.05) is 11.3 Å². The van der Waals surface area contributed by atoms with Gasteiger partial charge in [-0.2, -0.15) is 0 Å². The Hall–Kier alpha value is -7.40. The molecule has 0 saturated heterocycles. The van der Waals surface area contributed by atoms with Crippen molar-refractivity contribution in [2.24, 2.45) is 0 Å². The SMILES string of the molecule is c1ccc(N(c2ccccc2)c2cccc(N(c3ccc4c(c3)-c3ccccc3C43c4ccccc4Oc4ccccc43)c3ccc4sc5ccccc5c4c3)c2)cc1. The van der Waals surface area contributed by atoms with Gasteiger partial charge in [-0.3, -0.25) is 0 Å². The second-order valence-corrected chi connectivity index (χ2v) is 16.3. The fourth-order valence-electron chi connectivity index (χ4n) is 9.66. The highest BCUT2D eigenvalue weighted by Gasteiger charge is 2.51. The van der Waals surface area contributed by atoms with Crippen LogP contribution in [-0.4, -0.2) is 0 Å². The molecule has 9 aromatic carbocycles. The summed E-state index contributed by atoms with van der Waals surface area (Å²) < 4.78 is 9.19. The Bertz CT molecular complexity index is 3140. The molecule has 0 radical (unpaired) electrons. The lowest BCUT2D eigenvalue weighted by Gasteiger charge is -2.39. The normalized spacial score (nSPS) is 13.0. The first kappa shape index (κ1) is 33.7. The van der Waals surface area contributed by atoms with Crippen LogP contribution >= 0.6 is 11.3 Å². The summed E-state index contributed by atoms with van der Waals surface area (Å²) in [5.41, 5.74) is 13.3. The number of anilines is 6. The van der Waals surface area contributed by atoms with Crippen LogP contribution < -0.4 is 14.5 Å². The fraction of sp³-hybridized carbons (Fsp3) is 0.0182. The Morgan fingerprint density at radius 2 is 0.814 bits per heavy atom. The number of thiophene rings is 1. The summed E-state index contributed by atoms with van der Waals surface area (Å²) in [5.74, 6) is 1.79. The van der Waals surface area contributed by atoms with Gasteiger partial charge in [0.1, 0.15) is 11.5 Å². The first-order valence-corrected chi connectivity index (χ1v) is 20.9. The summed E-state index contributed by atoms with van der Waals surface area (Å²) >= 11 is 1.85. The molecular formula is C55H36N2OS. The third-order valence-corrected chi connectivity index (χ3v) is 13.2. The molecule has 2 heterocycles. The van der Waals surface area contributed by atoms with Gasteiger partial charge in [-0.1, -0.05) is 127 Å². The lowest BCUT2D eigenvalue weighted by atomic mass is 9.66. The van der Waals surface area contributed by atoms with Crippen molar-refractivity contribution < 1.29 is 4.74 Å². The molecule has 1 spiro atoms. The number of fused-ring (bicyclic) bond motifs is 12. The lowest BCUT2D eigenvalue weighted by molar-refractivity contribution is 0.436. The van der Waals surface area contributed by atoms with Gasteiger partial charge in [0.25, 0.3) is 0 Å². The minimum absolute atomic E-state index is 0.527. The third kappa shape index (κ3) is 5.13. The van der Waals surface area contributed by atoms with Crippen LogP contribution in [0.1, 0.15) is 22.3 Å². The monoisotopic (exact) mass is 772 g/mol. The van der Waals surface area contributed by atoms with Crippen LogP contribution in [0.5, 0.6) is 11.5 Å². The number of rotatable bonds is 6. The van der Waals surface area contributed by atoms with Gasteiger partial charge in [0.15, 0.2) is 0 Å². The van der Waals surface area contributed by atoms with Crippen molar-refractivity contribution in [3.05, 3.63) is 241 Å². The Morgan fingerprint density at radius 3 is 1.53 bits per heavy atom. The van der Waals surface area contributed by atoms with Crippen LogP contribution in [0.25, 0.3) is 31.3 Å². The van der Waals surface area contributed by atoms with E-state index in [0.29, 0.717) is 0 Å². The second kappa shape index (κ2) is 13.3. The predicted molar refractivity (Wildman–Crippen MR) is 246 cm³/mol. The van der Waals surface area contributed by atoms with Crippen molar-refractivity contribution in [1.29, 1.82) is 0 Å². The number of benzene rings is 9. The van der Waals surface area contributed by atoms with E-state index in [2.05, 4.69) is 228 Å². The summed E-state index contributed by atoms with van der Waals surface area (Å²) in [6.45, 7) is 0. The van der Waals surface area contributed by atoms with E-state index in [1.165, 1.54) is 53.6 Å². The third-order valence-electron chi connectivity index (χ3n) is 12.1. The average molecular weight is 773 g/mol. The molecule has 0 unspecified atom stereocenters. The molecule has 0 saturated carbocycles. The molecule has 4 heteroatoms. The smallest absolute Gasteiger partial charge is 0.132 e. The van der Waals surface area contributed by atoms with Crippen molar-refractivity contribution >= 4 is 65.6 Å². The number of hydrogen-bond donors (Lipinski definition) is 0. The molecule has 1 aliphatic heterocycles. The maximum Gasteiger partial charge on any atom is 0.132 e. The van der Waals surface area contributed by atoms with E-state index < -0.39 is 5.41 Å². The van der Waals surface area contributed by atoms with Crippen molar-refractivity contribution in [3.8, 4) is 22.6 Å². The molecule has 0 fully saturated rings. The Kier molecular flexibility index (Phi) is 7.62. The van der Waals surface area contributed by atoms with Gasteiger partial charge in [-0.25, -0.2) is 0 Å². The molecule has 278 valence electrons. The molecule has 0 atom stereocenters. The number of ether oxygens (including phenoxy) is 1. The number of hydrogen-bond acceptors (Lipinski definition) is 4. The molecule has 0 N–H and O–H groups in total. The van der Waals surface area contributed by atoms with Crippen molar-refractivity contribution in [3.63, 3.8) is 0 Å². The van der Waals surface area contributed by atoms with Gasteiger partial charge in [0.2, 0.25) is 0 Å². The highest BCUT2D eigenvalue weighted by atomic mass is 32.1. The van der Waals surface area contributed by atoms with Crippen molar-refractivity contribution in [2.75, 3.05) is 9.80 Å². The van der Waals surface area contributed by atoms with Crippen molar-refractivity contribution in [2.45, 2.75) is 5.41 Å². The molecule has 12 rings (SSSR count). The molecular weight excluding hydrogens is 737 g/mol. The van der Waals surface area contributed by atoms with E-state index >= 15 is 0 Å². The van der Waals surface area contributed by atoms with E-state index in [9.17, 15) is 0 Å². The summed E-state index contributed by atoms with van der Waals surface area (Å²) in [7, 11) is 0. The van der Waals surface area contributed by atoms with Crippen LogP contribution in [0.3, 0.4) is 0 Å². The van der Waals surface area contributed by atoms with E-state index in [1.54, 1.807) is 0 Å². The molecule has 10 aromatic rings. The fourth-order valence-corrected chi connectivity index (χ4v) is 10.7. The van der Waals surface area contributed by atoms with E-state index in [-0.39, 0.29) is 0 Å². The van der Waals surface area contributed by atoms with Crippen LogP contribution in [0.2, 0.25) is 0 Å². The minimum atomic E-state index is -0.527. The van der Waals surface area contributed by atoms with E-state index in [0.717, 1.165) is 45.6 Å². The largest absolute Gasteiger partial charge is 0.457 e. The molecule has 1 aromatic heterocycles. The number of nitrogens with zero attached hydrogens (tertiary/aromatic N) is 2. The lowest BCUT2D eigenvalue weighted by Crippen LogP contribution is -2.32. The summed E-state index contributed by atoms with van der Waals surface area (Å²) in [6, 6.07) is 79.1. The van der Waals surface area contributed by atoms with Gasteiger partial charge in [0.05, 0.1) is 5.41 Å². The summed E-state index contributed by atoms with van der Waals surface area (Å²) in [5, 5.41) is 2.55. The van der Waals surface area contributed by atoms with Crippen LogP contribution in [-0.2, 0) is 5.41 Å². The molecule has 3 nitrogen and oxygen atoms in total. The Balaban J connectivity index is 1.10. The molecule has 0 amide bonds. The highest BCUT2D eigenvalue weighted by molar-refractivity contribution is 7.25. The maximum absolute atomic E-state index is 6.61. The van der Waals surface area contributed by atoms with Gasteiger partial charge in [0, 0.05) is 65.4 Å². The first-order chi connectivity index (χ1) is 29.3. The Labute approximate surface area is 347 Å². The molecule has 2 aliphatic rings. The second-order valence-electron chi connectivity index (χ2n) is 15.3. The first-order valence-electron chi connectivity index (χ1n) is 20.1. The van der Waals surface area contributed by atoms with Crippen LogP contribution in [0.15, 0.2) is 218 Å². The van der Waals surface area contributed by atoms with Gasteiger partial charge in [-0.15, -0.1) is 11.3 Å². The van der Waals surface area contributed by atoms with Crippen LogP contribution in [0, 0.1) is 0 Å². The zero-order valence-electron chi connectivity index (χ0n) is 32.0. The highest BCUT2D eigenvalue weighted by Crippen LogP contribution is 2.62.